The second kappa shape index (κ2) is 7.97. The van der Waals surface area contributed by atoms with Crippen LogP contribution in [0.5, 0.6) is 5.75 Å². The third-order valence-electron chi connectivity index (χ3n) is 4.21. The van der Waals surface area contributed by atoms with E-state index >= 15 is 0 Å². The lowest BCUT2D eigenvalue weighted by molar-refractivity contribution is -0.127. The average Bonchev–Trinajstić information content (AvgIpc) is 2.53. The molecule has 4 heteroatoms. The molecule has 4 nitrogen and oxygen atoms in total. The van der Waals surface area contributed by atoms with Gasteiger partial charge in [0.15, 0.2) is 11.9 Å². The highest BCUT2D eigenvalue weighted by molar-refractivity contribution is 5.94. The zero-order valence-electron chi connectivity index (χ0n) is 13.4. The number of amides is 1. The van der Waals surface area contributed by atoms with E-state index in [-0.39, 0.29) is 11.7 Å². The van der Waals surface area contributed by atoms with Crippen LogP contribution in [0.15, 0.2) is 24.3 Å². The molecule has 0 unspecified atom stereocenters. The Balaban J connectivity index is 1.82. The minimum Gasteiger partial charge on any atom is -0.481 e. The molecular formula is C18H25NO3. The summed E-state index contributed by atoms with van der Waals surface area (Å²) in [6.45, 7) is 3.98. The number of Topliss-reactive ketones (excluding diaryl/α,β-unsaturated/α-hetero) is 1. The molecule has 0 bridgehead atoms. The van der Waals surface area contributed by atoms with E-state index < -0.39 is 6.10 Å². The lowest BCUT2D eigenvalue weighted by Gasteiger charge is -2.23. The van der Waals surface area contributed by atoms with Gasteiger partial charge < -0.3 is 10.1 Å². The van der Waals surface area contributed by atoms with Gasteiger partial charge in [-0.15, -0.1) is 0 Å². The van der Waals surface area contributed by atoms with E-state index in [9.17, 15) is 9.59 Å². The normalized spacial score (nSPS) is 16.8. The monoisotopic (exact) mass is 303 g/mol. The van der Waals surface area contributed by atoms with E-state index in [1.165, 1.54) is 39.0 Å². The Morgan fingerprint density at radius 3 is 2.68 bits per heavy atom. The summed E-state index contributed by atoms with van der Waals surface area (Å²) < 4.78 is 5.64. The van der Waals surface area contributed by atoms with Crippen LogP contribution in [0.1, 0.15) is 56.3 Å². The fraction of sp³-hybridized carbons (Fsp3) is 0.556. The lowest BCUT2D eigenvalue weighted by atomic mass is 9.89. The van der Waals surface area contributed by atoms with E-state index in [0.29, 0.717) is 17.2 Å². The Labute approximate surface area is 132 Å². The van der Waals surface area contributed by atoms with Crippen LogP contribution in [-0.4, -0.2) is 24.3 Å². The number of hydrogen-bond acceptors (Lipinski definition) is 3. The third-order valence-corrected chi connectivity index (χ3v) is 4.21. The molecular weight excluding hydrogens is 278 g/mol. The quantitative estimate of drug-likeness (QED) is 0.820. The lowest BCUT2D eigenvalue weighted by Crippen LogP contribution is -2.39. The van der Waals surface area contributed by atoms with Crippen molar-refractivity contribution in [2.45, 2.75) is 52.1 Å². The Morgan fingerprint density at radius 2 is 2.00 bits per heavy atom. The maximum atomic E-state index is 12.1. The van der Waals surface area contributed by atoms with Gasteiger partial charge in [0.1, 0.15) is 5.75 Å². The summed E-state index contributed by atoms with van der Waals surface area (Å²) in [4.78, 5) is 23.5. The first-order chi connectivity index (χ1) is 10.6. The van der Waals surface area contributed by atoms with Gasteiger partial charge in [0.05, 0.1) is 0 Å². The van der Waals surface area contributed by atoms with Gasteiger partial charge in [-0.25, -0.2) is 0 Å². The van der Waals surface area contributed by atoms with Crippen LogP contribution in [0.3, 0.4) is 0 Å². The minimum absolute atomic E-state index is 0.0140. The van der Waals surface area contributed by atoms with E-state index in [1.807, 2.05) is 0 Å². The van der Waals surface area contributed by atoms with Gasteiger partial charge in [-0.3, -0.25) is 9.59 Å². The van der Waals surface area contributed by atoms with Crippen LogP contribution < -0.4 is 10.1 Å². The molecule has 0 radical (unpaired) electrons. The summed E-state index contributed by atoms with van der Waals surface area (Å²) in [6.07, 6.45) is 5.70. The van der Waals surface area contributed by atoms with Crippen molar-refractivity contribution in [2.75, 3.05) is 6.54 Å². The number of nitrogens with one attached hydrogen (secondary N) is 1. The van der Waals surface area contributed by atoms with Crippen molar-refractivity contribution in [3.8, 4) is 5.75 Å². The van der Waals surface area contributed by atoms with E-state index in [0.717, 1.165) is 6.54 Å². The Hall–Kier alpha value is -1.84. The molecule has 0 heterocycles. The smallest absolute Gasteiger partial charge is 0.260 e. The fourth-order valence-corrected chi connectivity index (χ4v) is 2.83. The van der Waals surface area contributed by atoms with Crippen molar-refractivity contribution in [2.24, 2.45) is 5.92 Å². The van der Waals surface area contributed by atoms with Gasteiger partial charge in [-0.1, -0.05) is 31.4 Å². The Kier molecular flexibility index (Phi) is 5.99. The number of benzene rings is 1. The molecule has 0 saturated heterocycles. The fourth-order valence-electron chi connectivity index (χ4n) is 2.83. The predicted molar refractivity (Wildman–Crippen MR) is 86.1 cm³/mol. The van der Waals surface area contributed by atoms with E-state index in [1.54, 1.807) is 31.2 Å². The molecule has 1 N–H and O–H groups in total. The molecule has 1 amide bonds. The van der Waals surface area contributed by atoms with Crippen LogP contribution in [0.25, 0.3) is 0 Å². The maximum absolute atomic E-state index is 12.1. The summed E-state index contributed by atoms with van der Waals surface area (Å²) in [5.74, 6) is 1.04. The molecule has 2 rings (SSSR count). The van der Waals surface area contributed by atoms with Crippen molar-refractivity contribution < 1.29 is 14.3 Å². The van der Waals surface area contributed by atoms with Gasteiger partial charge in [0, 0.05) is 12.1 Å². The van der Waals surface area contributed by atoms with Crippen LogP contribution in [0, 0.1) is 5.92 Å². The van der Waals surface area contributed by atoms with Gasteiger partial charge in [0.2, 0.25) is 0 Å². The van der Waals surface area contributed by atoms with Crippen LogP contribution in [0.2, 0.25) is 0 Å². The van der Waals surface area contributed by atoms with Crippen molar-refractivity contribution in [3.63, 3.8) is 0 Å². The number of hydrogen-bond donors (Lipinski definition) is 1. The second-order valence-electron chi connectivity index (χ2n) is 6.09. The van der Waals surface area contributed by atoms with Gasteiger partial charge in [0.25, 0.3) is 5.91 Å². The molecule has 1 atom stereocenters. The molecule has 22 heavy (non-hydrogen) atoms. The molecule has 0 aliphatic heterocycles. The highest BCUT2D eigenvalue weighted by atomic mass is 16.5. The molecule has 120 valence electrons. The highest BCUT2D eigenvalue weighted by Crippen LogP contribution is 2.22. The topological polar surface area (TPSA) is 55.4 Å². The number of ketones is 1. The Bertz CT molecular complexity index is 521. The molecule has 1 aliphatic carbocycles. The van der Waals surface area contributed by atoms with E-state index in [2.05, 4.69) is 5.32 Å². The van der Waals surface area contributed by atoms with Crippen molar-refractivity contribution >= 4 is 11.7 Å². The first-order valence-corrected chi connectivity index (χ1v) is 8.11. The number of ether oxygens (including phenoxy) is 1. The zero-order valence-corrected chi connectivity index (χ0v) is 13.4. The number of carbonyl (C=O) groups excluding carboxylic acids is 2. The van der Waals surface area contributed by atoms with Gasteiger partial charge in [-0.2, -0.15) is 0 Å². The average molecular weight is 303 g/mol. The standard InChI is InChI=1S/C18H25NO3/c1-13(20)16-9-6-10-17(11-16)22-14(2)18(21)19-12-15-7-4-3-5-8-15/h6,9-11,14-15H,3-5,7-8,12H2,1-2H3,(H,19,21)/t14-/m0/s1. The van der Waals surface area contributed by atoms with Crippen molar-refractivity contribution in [3.05, 3.63) is 29.8 Å². The van der Waals surface area contributed by atoms with Crippen LogP contribution in [-0.2, 0) is 4.79 Å². The van der Waals surface area contributed by atoms with Gasteiger partial charge in [-0.05, 0) is 44.7 Å². The van der Waals surface area contributed by atoms with Crippen LogP contribution >= 0.6 is 0 Å². The molecule has 1 saturated carbocycles. The Morgan fingerprint density at radius 1 is 1.27 bits per heavy atom. The molecule has 1 aliphatic rings. The summed E-state index contributed by atoms with van der Waals surface area (Å²) in [5, 5.41) is 2.98. The first kappa shape index (κ1) is 16.5. The number of carbonyl (C=O) groups is 2. The zero-order chi connectivity index (χ0) is 15.9. The summed E-state index contributed by atoms with van der Waals surface area (Å²) >= 11 is 0. The van der Waals surface area contributed by atoms with Crippen molar-refractivity contribution in [1.29, 1.82) is 0 Å². The maximum Gasteiger partial charge on any atom is 0.260 e. The second-order valence-corrected chi connectivity index (χ2v) is 6.09. The molecule has 1 aromatic rings. The number of rotatable bonds is 6. The molecule has 0 aromatic heterocycles. The molecule has 1 fully saturated rings. The van der Waals surface area contributed by atoms with E-state index in [4.69, 9.17) is 4.74 Å². The first-order valence-electron chi connectivity index (χ1n) is 8.11. The predicted octanol–water partition coefficient (Wildman–Crippen LogP) is 3.35. The van der Waals surface area contributed by atoms with Crippen LogP contribution in [0.4, 0.5) is 0 Å². The highest BCUT2D eigenvalue weighted by Gasteiger charge is 2.18. The SMILES string of the molecule is CC(=O)c1cccc(O[C@@H](C)C(=O)NCC2CCCCC2)c1. The summed E-state index contributed by atoms with van der Waals surface area (Å²) in [5.41, 5.74) is 0.590. The van der Waals surface area contributed by atoms with Crippen molar-refractivity contribution in [1.82, 2.24) is 5.32 Å². The molecule has 1 aromatic carbocycles. The minimum atomic E-state index is -0.564. The van der Waals surface area contributed by atoms with Gasteiger partial charge >= 0.3 is 0 Å². The summed E-state index contributed by atoms with van der Waals surface area (Å²) in [7, 11) is 0. The summed E-state index contributed by atoms with van der Waals surface area (Å²) in [6, 6.07) is 6.94. The largest absolute Gasteiger partial charge is 0.481 e. The molecule has 0 spiro atoms. The third kappa shape index (κ3) is 4.86.